The molecular weight excluding hydrogens is 417 g/mol. The third-order valence-electron chi connectivity index (χ3n) is 4.17. The van der Waals surface area contributed by atoms with Gasteiger partial charge in [0.05, 0.1) is 21.5 Å². The van der Waals surface area contributed by atoms with Crippen LogP contribution in [-0.4, -0.2) is 16.0 Å². The monoisotopic (exact) mass is 429 g/mol. The van der Waals surface area contributed by atoms with Gasteiger partial charge < -0.3 is 4.42 Å². The Hall–Kier alpha value is -2.47. The van der Waals surface area contributed by atoms with Crippen LogP contribution >= 0.6 is 35.0 Å². The maximum atomic E-state index is 12.6. The van der Waals surface area contributed by atoms with Crippen LogP contribution in [0.1, 0.15) is 11.3 Å². The first-order valence-corrected chi connectivity index (χ1v) is 9.93. The van der Waals surface area contributed by atoms with Crippen molar-refractivity contribution in [3.8, 4) is 11.3 Å². The van der Waals surface area contributed by atoms with Gasteiger partial charge in [0.25, 0.3) is 11.1 Å². The zero-order chi connectivity index (χ0) is 19.7. The Kier molecular flexibility index (Phi) is 5.31. The van der Waals surface area contributed by atoms with Gasteiger partial charge in [-0.3, -0.25) is 14.5 Å². The molecule has 1 aromatic heterocycles. The zero-order valence-corrected chi connectivity index (χ0v) is 16.7. The van der Waals surface area contributed by atoms with Crippen LogP contribution in [-0.2, 0) is 11.3 Å². The van der Waals surface area contributed by atoms with Gasteiger partial charge in [-0.2, -0.15) is 0 Å². The summed E-state index contributed by atoms with van der Waals surface area (Å²) < 4.78 is 5.79. The molecule has 4 nitrogen and oxygen atoms in total. The molecule has 0 unspecified atom stereocenters. The lowest BCUT2D eigenvalue weighted by molar-refractivity contribution is -0.123. The summed E-state index contributed by atoms with van der Waals surface area (Å²) >= 11 is 13.2. The lowest BCUT2D eigenvalue weighted by Gasteiger charge is -2.11. The lowest BCUT2D eigenvalue weighted by atomic mass is 10.2. The SMILES string of the molecule is O=C1S/C(=C\c2ccc(-c3cccc(Cl)c3Cl)o2)C(=O)N1Cc1ccccc1. The van der Waals surface area contributed by atoms with Crippen LogP contribution in [0, 0.1) is 0 Å². The van der Waals surface area contributed by atoms with E-state index in [1.165, 1.54) is 4.90 Å². The highest BCUT2D eigenvalue weighted by Crippen LogP contribution is 2.36. The molecule has 2 amide bonds. The summed E-state index contributed by atoms with van der Waals surface area (Å²) in [4.78, 5) is 26.4. The van der Waals surface area contributed by atoms with E-state index in [4.69, 9.17) is 27.6 Å². The highest BCUT2D eigenvalue weighted by molar-refractivity contribution is 8.18. The predicted octanol–water partition coefficient (Wildman–Crippen LogP) is 6.49. The van der Waals surface area contributed by atoms with Crippen LogP contribution < -0.4 is 0 Å². The third kappa shape index (κ3) is 3.74. The number of thioether (sulfide) groups is 1. The first-order chi connectivity index (χ1) is 13.5. The summed E-state index contributed by atoms with van der Waals surface area (Å²) in [6.45, 7) is 0.240. The molecule has 0 radical (unpaired) electrons. The number of hydrogen-bond donors (Lipinski definition) is 0. The second kappa shape index (κ2) is 7.87. The largest absolute Gasteiger partial charge is 0.457 e. The van der Waals surface area contributed by atoms with E-state index >= 15 is 0 Å². The van der Waals surface area contributed by atoms with Crippen molar-refractivity contribution in [1.82, 2.24) is 4.90 Å². The number of rotatable bonds is 4. The number of halogens is 2. The molecule has 0 N–H and O–H groups in total. The Labute approximate surface area is 175 Å². The normalized spacial score (nSPS) is 15.6. The number of nitrogens with zero attached hydrogens (tertiary/aromatic N) is 1. The first kappa shape index (κ1) is 18.9. The molecule has 0 bridgehead atoms. The molecule has 28 heavy (non-hydrogen) atoms. The number of furan rings is 1. The average molecular weight is 430 g/mol. The molecule has 4 rings (SSSR count). The van der Waals surface area contributed by atoms with Gasteiger partial charge in [0.2, 0.25) is 0 Å². The molecule has 2 aromatic carbocycles. The van der Waals surface area contributed by atoms with Crippen LogP contribution in [0.4, 0.5) is 4.79 Å². The molecule has 1 saturated heterocycles. The summed E-state index contributed by atoms with van der Waals surface area (Å²) in [5.41, 5.74) is 1.55. The van der Waals surface area contributed by atoms with Crippen molar-refractivity contribution in [2.75, 3.05) is 0 Å². The highest BCUT2D eigenvalue weighted by atomic mass is 35.5. The van der Waals surface area contributed by atoms with Crippen molar-refractivity contribution >= 4 is 52.2 Å². The third-order valence-corrected chi connectivity index (χ3v) is 5.90. The fourth-order valence-corrected chi connectivity index (χ4v) is 4.01. The average Bonchev–Trinajstić information content (AvgIpc) is 3.25. The molecule has 7 heteroatoms. The smallest absolute Gasteiger partial charge is 0.293 e. The fraction of sp³-hybridized carbons (Fsp3) is 0.0476. The lowest BCUT2D eigenvalue weighted by Crippen LogP contribution is -2.27. The second-order valence-corrected chi connectivity index (χ2v) is 7.84. The maximum Gasteiger partial charge on any atom is 0.293 e. The van der Waals surface area contributed by atoms with E-state index in [0.29, 0.717) is 32.0 Å². The number of amides is 2. The van der Waals surface area contributed by atoms with Crippen molar-refractivity contribution in [2.45, 2.75) is 6.54 Å². The van der Waals surface area contributed by atoms with Crippen molar-refractivity contribution in [3.63, 3.8) is 0 Å². The van der Waals surface area contributed by atoms with Crippen molar-refractivity contribution in [1.29, 1.82) is 0 Å². The Morgan fingerprint density at radius 1 is 0.964 bits per heavy atom. The van der Waals surface area contributed by atoms with E-state index in [-0.39, 0.29) is 17.7 Å². The quantitative estimate of drug-likeness (QED) is 0.444. The van der Waals surface area contributed by atoms with Gasteiger partial charge in [-0.25, -0.2) is 0 Å². The van der Waals surface area contributed by atoms with Gasteiger partial charge in [0.15, 0.2) is 0 Å². The van der Waals surface area contributed by atoms with Gasteiger partial charge in [-0.15, -0.1) is 0 Å². The van der Waals surface area contributed by atoms with Crippen LogP contribution in [0.3, 0.4) is 0 Å². The van der Waals surface area contributed by atoms with Gasteiger partial charge in [-0.05, 0) is 41.6 Å². The van der Waals surface area contributed by atoms with Crippen molar-refractivity contribution in [2.24, 2.45) is 0 Å². The number of carbonyl (C=O) groups is 2. The van der Waals surface area contributed by atoms with Gasteiger partial charge >= 0.3 is 0 Å². The molecule has 1 fully saturated rings. The van der Waals surface area contributed by atoms with E-state index in [0.717, 1.165) is 17.3 Å². The zero-order valence-electron chi connectivity index (χ0n) is 14.4. The minimum Gasteiger partial charge on any atom is -0.457 e. The molecule has 0 saturated carbocycles. The molecule has 3 aromatic rings. The maximum absolute atomic E-state index is 12.6. The van der Waals surface area contributed by atoms with Crippen LogP contribution in [0.2, 0.25) is 10.0 Å². The summed E-state index contributed by atoms with van der Waals surface area (Å²) in [6, 6.07) is 18.1. The molecule has 1 aliphatic heterocycles. The topological polar surface area (TPSA) is 50.5 Å². The number of benzene rings is 2. The first-order valence-electron chi connectivity index (χ1n) is 8.36. The molecule has 1 aliphatic rings. The number of carbonyl (C=O) groups excluding carboxylic acids is 2. The molecule has 140 valence electrons. The van der Waals surface area contributed by atoms with Crippen LogP contribution in [0.5, 0.6) is 0 Å². The fourth-order valence-electron chi connectivity index (χ4n) is 2.80. The second-order valence-electron chi connectivity index (χ2n) is 6.06. The van der Waals surface area contributed by atoms with Gasteiger partial charge in [0.1, 0.15) is 11.5 Å². The number of imide groups is 1. The molecule has 0 aliphatic carbocycles. The number of hydrogen-bond acceptors (Lipinski definition) is 4. The van der Waals surface area contributed by atoms with Crippen molar-refractivity contribution in [3.05, 3.63) is 86.9 Å². The van der Waals surface area contributed by atoms with E-state index in [2.05, 4.69) is 0 Å². The van der Waals surface area contributed by atoms with Crippen LogP contribution in [0.15, 0.2) is 70.0 Å². The van der Waals surface area contributed by atoms with Gasteiger partial charge in [-0.1, -0.05) is 59.6 Å². The van der Waals surface area contributed by atoms with E-state index in [1.54, 1.807) is 36.4 Å². The summed E-state index contributed by atoms with van der Waals surface area (Å²) in [5.74, 6) is 0.649. The highest BCUT2D eigenvalue weighted by Gasteiger charge is 2.35. The minimum atomic E-state index is -0.336. The Morgan fingerprint density at radius 3 is 2.54 bits per heavy atom. The minimum absolute atomic E-state index is 0.240. The van der Waals surface area contributed by atoms with Crippen molar-refractivity contribution < 1.29 is 14.0 Å². The summed E-state index contributed by atoms with van der Waals surface area (Å²) in [7, 11) is 0. The predicted molar refractivity (Wildman–Crippen MR) is 112 cm³/mol. The van der Waals surface area contributed by atoms with E-state index in [1.807, 2.05) is 30.3 Å². The molecule has 0 spiro atoms. The summed E-state index contributed by atoms with van der Waals surface area (Å²) in [5, 5.41) is 0.525. The van der Waals surface area contributed by atoms with Crippen LogP contribution in [0.25, 0.3) is 17.4 Å². The van der Waals surface area contributed by atoms with Gasteiger partial charge in [0, 0.05) is 11.6 Å². The Bertz CT molecular complexity index is 1090. The summed E-state index contributed by atoms with van der Waals surface area (Å²) in [6.07, 6.45) is 1.57. The van der Waals surface area contributed by atoms with E-state index < -0.39 is 0 Å². The molecule has 2 heterocycles. The molecule has 0 atom stereocenters. The van der Waals surface area contributed by atoms with E-state index in [9.17, 15) is 9.59 Å². The Morgan fingerprint density at radius 2 is 1.75 bits per heavy atom. The Balaban J connectivity index is 1.57. The molecular formula is C21H13Cl2NO3S. The standard InChI is InChI=1S/C21H13Cl2NO3S/c22-16-8-4-7-15(19(16)23)17-10-9-14(27-17)11-18-20(25)24(21(26)28-18)12-13-5-2-1-3-6-13/h1-11H,12H2/b18-11-.